The van der Waals surface area contributed by atoms with Gasteiger partial charge in [0, 0.05) is 35.2 Å². The number of carbonyl (C=O) groups excluding carboxylic acids is 3. The van der Waals surface area contributed by atoms with Crippen LogP contribution in [0.5, 0.6) is 0 Å². The summed E-state index contributed by atoms with van der Waals surface area (Å²) in [5.41, 5.74) is 0.769. The molecule has 2 aliphatic rings. The molecule has 3 aromatic carbocycles. The Hall–Kier alpha value is -3.70. The van der Waals surface area contributed by atoms with Crippen molar-refractivity contribution < 1.29 is 14.4 Å². The van der Waals surface area contributed by atoms with Gasteiger partial charge in [-0.3, -0.25) is 14.4 Å². The van der Waals surface area contributed by atoms with Crippen molar-refractivity contribution in [2.75, 3.05) is 0 Å². The number of likely N-dealkylation sites (tertiary alicyclic amines) is 1. The van der Waals surface area contributed by atoms with Crippen LogP contribution in [-0.4, -0.2) is 34.1 Å². The number of nitrogens with zero attached hydrogens (tertiary/aromatic N) is 1. The third kappa shape index (κ3) is 5.30. The molecule has 5 rings (SSSR count). The Balaban J connectivity index is 1.63. The maximum Gasteiger partial charge on any atom is 0.254 e. The number of rotatable bonds is 7. The molecule has 38 heavy (non-hydrogen) atoms. The summed E-state index contributed by atoms with van der Waals surface area (Å²) in [6, 6.07) is 25.5. The number of hydrogen-bond donors (Lipinski definition) is 1. The van der Waals surface area contributed by atoms with Gasteiger partial charge in [-0.05, 0) is 54.3 Å². The molecule has 0 bridgehead atoms. The van der Waals surface area contributed by atoms with E-state index >= 15 is 0 Å². The standard InChI is InChI=1S/C32H31ClN2O3/c33-27-18-16-25(17-19-27)29(36)32(31(38)34-28-14-8-3-9-15-28)21-26(20-23-10-4-1-5-11-23)30(37)35(32)22-24-12-6-2-7-13-24/h1-2,4-7,10-13,16-20,28H,3,8-9,14-15,21-22H2,(H,34,38)/b26-20+. The van der Waals surface area contributed by atoms with E-state index in [0.717, 1.165) is 43.2 Å². The molecule has 1 unspecified atom stereocenters. The molecule has 194 valence electrons. The normalized spacial score (nSPS) is 21.0. The molecule has 0 spiro atoms. The zero-order valence-corrected chi connectivity index (χ0v) is 22.0. The van der Waals surface area contributed by atoms with E-state index in [1.807, 2.05) is 60.7 Å². The second-order valence-electron chi connectivity index (χ2n) is 10.1. The number of benzene rings is 3. The number of nitrogens with one attached hydrogen (secondary N) is 1. The van der Waals surface area contributed by atoms with Crippen molar-refractivity contribution in [2.24, 2.45) is 0 Å². The summed E-state index contributed by atoms with van der Waals surface area (Å²) < 4.78 is 0. The van der Waals surface area contributed by atoms with Gasteiger partial charge in [0.05, 0.1) is 0 Å². The maximum absolute atomic E-state index is 14.4. The van der Waals surface area contributed by atoms with Crippen molar-refractivity contribution in [2.45, 2.75) is 56.7 Å². The Morgan fingerprint density at radius 3 is 2.18 bits per heavy atom. The fraction of sp³-hybridized carbons (Fsp3) is 0.281. The van der Waals surface area contributed by atoms with Crippen LogP contribution in [0, 0.1) is 0 Å². The van der Waals surface area contributed by atoms with E-state index < -0.39 is 17.2 Å². The lowest BCUT2D eigenvalue weighted by atomic mass is 9.83. The average molecular weight is 527 g/mol. The van der Waals surface area contributed by atoms with E-state index in [0.29, 0.717) is 16.2 Å². The molecular formula is C32H31ClN2O3. The first-order chi connectivity index (χ1) is 18.5. The molecule has 0 radical (unpaired) electrons. The molecule has 1 saturated carbocycles. The lowest BCUT2D eigenvalue weighted by Crippen LogP contribution is -2.62. The van der Waals surface area contributed by atoms with E-state index in [4.69, 9.17) is 11.6 Å². The molecule has 5 nitrogen and oxygen atoms in total. The Bertz CT molecular complexity index is 1330. The van der Waals surface area contributed by atoms with Crippen LogP contribution in [0.2, 0.25) is 5.02 Å². The second-order valence-corrected chi connectivity index (χ2v) is 10.6. The van der Waals surface area contributed by atoms with E-state index in [-0.39, 0.29) is 24.9 Å². The van der Waals surface area contributed by atoms with Crippen LogP contribution in [0.3, 0.4) is 0 Å². The number of amides is 2. The molecule has 1 saturated heterocycles. The summed E-state index contributed by atoms with van der Waals surface area (Å²) in [6.45, 7) is 0.142. The molecule has 1 aliphatic carbocycles. The van der Waals surface area contributed by atoms with Crippen molar-refractivity contribution in [3.05, 3.63) is 112 Å². The Labute approximate surface area is 228 Å². The van der Waals surface area contributed by atoms with Gasteiger partial charge in [0.2, 0.25) is 0 Å². The van der Waals surface area contributed by atoms with Crippen LogP contribution in [0.1, 0.15) is 60.0 Å². The molecular weight excluding hydrogens is 496 g/mol. The van der Waals surface area contributed by atoms with Crippen molar-refractivity contribution in [3.8, 4) is 0 Å². The maximum atomic E-state index is 14.4. The fourth-order valence-electron chi connectivity index (χ4n) is 5.53. The van der Waals surface area contributed by atoms with Crippen LogP contribution < -0.4 is 5.32 Å². The molecule has 1 atom stereocenters. The third-order valence-electron chi connectivity index (χ3n) is 7.55. The molecule has 0 aromatic heterocycles. The summed E-state index contributed by atoms with van der Waals surface area (Å²) in [5, 5.41) is 3.67. The summed E-state index contributed by atoms with van der Waals surface area (Å²) in [5.74, 6) is -1.12. The first-order valence-corrected chi connectivity index (χ1v) is 13.6. The zero-order valence-electron chi connectivity index (χ0n) is 21.2. The zero-order chi connectivity index (χ0) is 26.5. The van der Waals surface area contributed by atoms with E-state index in [1.54, 1.807) is 30.3 Å². The summed E-state index contributed by atoms with van der Waals surface area (Å²) in [6.07, 6.45) is 6.75. The van der Waals surface area contributed by atoms with Gasteiger partial charge in [-0.1, -0.05) is 91.5 Å². The van der Waals surface area contributed by atoms with Gasteiger partial charge in [0.1, 0.15) is 0 Å². The predicted octanol–water partition coefficient (Wildman–Crippen LogP) is 6.23. The van der Waals surface area contributed by atoms with Crippen molar-refractivity contribution in [1.29, 1.82) is 0 Å². The van der Waals surface area contributed by atoms with Crippen molar-refractivity contribution in [1.82, 2.24) is 10.2 Å². The van der Waals surface area contributed by atoms with Gasteiger partial charge in [-0.15, -0.1) is 0 Å². The SMILES string of the molecule is O=C1/C(=C/c2ccccc2)CC(C(=O)NC2CCCCC2)(C(=O)c2ccc(Cl)cc2)N1Cc1ccccc1. The van der Waals surface area contributed by atoms with Crippen molar-refractivity contribution in [3.63, 3.8) is 0 Å². The quantitative estimate of drug-likeness (QED) is 0.225. The minimum Gasteiger partial charge on any atom is -0.351 e. The fourth-order valence-corrected chi connectivity index (χ4v) is 5.66. The van der Waals surface area contributed by atoms with Crippen LogP contribution in [-0.2, 0) is 16.1 Å². The first-order valence-electron chi connectivity index (χ1n) is 13.2. The van der Waals surface area contributed by atoms with Crippen LogP contribution in [0.15, 0.2) is 90.5 Å². The highest BCUT2D eigenvalue weighted by Gasteiger charge is 2.59. The largest absolute Gasteiger partial charge is 0.351 e. The smallest absolute Gasteiger partial charge is 0.254 e. The van der Waals surface area contributed by atoms with Gasteiger partial charge < -0.3 is 10.2 Å². The van der Waals surface area contributed by atoms with Gasteiger partial charge in [-0.25, -0.2) is 0 Å². The molecule has 3 aromatic rings. The highest BCUT2D eigenvalue weighted by Crippen LogP contribution is 2.40. The summed E-state index contributed by atoms with van der Waals surface area (Å²) >= 11 is 6.11. The van der Waals surface area contributed by atoms with Crippen molar-refractivity contribution >= 4 is 35.3 Å². The van der Waals surface area contributed by atoms with Crippen LogP contribution >= 0.6 is 11.6 Å². The van der Waals surface area contributed by atoms with Gasteiger partial charge in [0.25, 0.3) is 11.8 Å². The number of carbonyl (C=O) groups is 3. The lowest BCUT2D eigenvalue weighted by Gasteiger charge is -2.37. The van der Waals surface area contributed by atoms with Crippen LogP contribution in [0.4, 0.5) is 0 Å². The molecule has 2 fully saturated rings. The Kier molecular flexibility index (Phi) is 7.75. The number of hydrogen-bond acceptors (Lipinski definition) is 3. The van der Waals surface area contributed by atoms with E-state index in [9.17, 15) is 14.4 Å². The minimum atomic E-state index is -1.71. The topological polar surface area (TPSA) is 66.5 Å². The Morgan fingerprint density at radius 2 is 1.53 bits per heavy atom. The molecule has 6 heteroatoms. The Morgan fingerprint density at radius 1 is 0.895 bits per heavy atom. The monoisotopic (exact) mass is 526 g/mol. The molecule has 1 aliphatic heterocycles. The second kappa shape index (κ2) is 11.4. The van der Waals surface area contributed by atoms with Gasteiger partial charge >= 0.3 is 0 Å². The summed E-state index contributed by atoms with van der Waals surface area (Å²) in [4.78, 5) is 44.2. The number of halogens is 1. The summed E-state index contributed by atoms with van der Waals surface area (Å²) in [7, 11) is 0. The third-order valence-corrected chi connectivity index (χ3v) is 7.80. The molecule has 2 amide bonds. The minimum absolute atomic E-state index is 0.00637. The predicted molar refractivity (Wildman–Crippen MR) is 150 cm³/mol. The van der Waals surface area contributed by atoms with E-state index in [2.05, 4.69) is 5.32 Å². The van der Waals surface area contributed by atoms with Gasteiger partial charge in [-0.2, -0.15) is 0 Å². The lowest BCUT2D eigenvalue weighted by molar-refractivity contribution is -0.139. The number of ketones is 1. The highest BCUT2D eigenvalue weighted by atomic mass is 35.5. The molecule has 1 N–H and O–H groups in total. The van der Waals surface area contributed by atoms with E-state index in [1.165, 1.54) is 4.90 Å². The first kappa shape index (κ1) is 25.9. The highest BCUT2D eigenvalue weighted by molar-refractivity contribution is 6.31. The average Bonchev–Trinajstić information content (AvgIpc) is 3.22. The molecule has 1 heterocycles. The number of Topliss-reactive ketones (excluding diaryl/α,β-unsaturated/α-hetero) is 1. The van der Waals surface area contributed by atoms with Gasteiger partial charge in [0.15, 0.2) is 11.3 Å². The van der Waals surface area contributed by atoms with Crippen LogP contribution in [0.25, 0.3) is 6.08 Å².